The normalized spacial score (nSPS) is 18.7. The summed E-state index contributed by atoms with van der Waals surface area (Å²) in [6, 6.07) is 17.5. The molecule has 0 aliphatic carbocycles. The van der Waals surface area contributed by atoms with Gasteiger partial charge in [-0.05, 0) is 86.3 Å². The number of carbonyl (C=O) groups is 1. The van der Waals surface area contributed by atoms with E-state index in [0.717, 1.165) is 30.8 Å². The summed E-state index contributed by atoms with van der Waals surface area (Å²) < 4.78 is 14.8. The fourth-order valence-electron chi connectivity index (χ4n) is 4.15. The number of hydrogen-bond acceptors (Lipinski definition) is 7. The fourth-order valence-corrected chi connectivity index (χ4v) is 7.49. The van der Waals surface area contributed by atoms with Crippen molar-refractivity contribution in [3.05, 3.63) is 86.4 Å². The summed E-state index contributed by atoms with van der Waals surface area (Å²) in [5, 5.41) is 2.98. The topological polar surface area (TPSA) is 48.8 Å². The van der Waals surface area contributed by atoms with Crippen molar-refractivity contribution >= 4 is 84.8 Å². The number of aryl methyl sites for hydroxylation is 1. The molecule has 1 aromatic heterocycles. The van der Waals surface area contributed by atoms with Crippen LogP contribution in [0.2, 0.25) is 5.02 Å². The monoisotopic (exact) mass is 552 g/mol. The molecule has 0 N–H and O–H groups in total. The van der Waals surface area contributed by atoms with E-state index >= 15 is 0 Å². The average molecular weight is 553 g/mol. The number of anilines is 2. The van der Waals surface area contributed by atoms with Crippen LogP contribution in [-0.4, -0.2) is 22.6 Å². The Kier molecular flexibility index (Phi) is 6.03. The van der Waals surface area contributed by atoms with Gasteiger partial charge in [0.25, 0.3) is 5.91 Å². The maximum atomic E-state index is 13.9. The summed E-state index contributed by atoms with van der Waals surface area (Å²) in [5.41, 5.74) is 3.11. The first-order valence-electron chi connectivity index (χ1n) is 11.1. The van der Waals surface area contributed by atoms with E-state index < -0.39 is 0 Å². The molecule has 180 valence electrons. The molecule has 3 heterocycles. The molecule has 36 heavy (non-hydrogen) atoms. The minimum atomic E-state index is -0.365. The zero-order valence-electron chi connectivity index (χ0n) is 19.2. The molecule has 1 saturated heterocycles. The van der Waals surface area contributed by atoms with Gasteiger partial charge in [0.05, 0.1) is 32.3 Å². The molecule has 1 amide bonds. The second kappa shape index (κ2) is 9.23. The highest BCUT2D eigenvalue weighted by molar-refractivity contribution is 8.20. The van der Waals surface area contributed by atoms with Crippen molar-refractivity contribution in [3.63, 3.8) is 0 Å². The molecule has 0 atom stereocenters. The largest absolute Gasteiger partial charge is 0.334 e. The molecule has 6 rings (SSSR count). The minimum Gasteiger partial charge on any atom is -0.334 e. The second-order valence-electron chi connectivity index (χ2n) is 8.09. The Labute approximate surface area is 224 Å². The van der Waals surface area contributed by atoms with Crippen molar-refractivity contribution in [3.8, 4) is 0 Å². The Morgan fingerprint density at radius 3 is 2.64 bits per heavy atom. The van der Waals surface area contributed by atoms with Gasteiger partial charge in [0.1, 0.15) is 15.8 Å². The van der Waals surface area contributed by atoms with Crippen LogP contribution in [0, 0.1) is 12.7 Å². The molecule has 2 aliphatic heterocycles. The van der Waals surface area contributed by atoms with Gasteiger partial charge in [-0.25, -0.2) is 14.4 Å². The minimum absolute atomic E-state index is 0.198. The molecule has 0 saturated carbocycles. The van der Waals surface area contributed by atoms with Crippen molar-refractivity contribution in [2.75, 3.05) is 16.3 Å². The Hall–Kier alpha value is -2.85. The quantitative estimate of drug-likeness (QED) is 0.241. The number of nitrogens with zero attached hydrogens (tertiary/aromatic N) is 4. The molecule has 10 heteroatoms. The third-order valence-corrected chi connectivity index (χ3v) is 9.27. The van der Waals surface area contributed by atoms with Crippen molar-refractivity contribution < 1.29 is 9.18 Å². The van der Waals surface area contributed by atoms with Crippen LogP contribution in [0.25, 0.3) is 10.2 Å². The molecule has 0 spiro atoms. The number of amides is 1. The third kappa shape index (κ3) is 4.10. The van der Waals surface area contributed by atoms with E-state index in [-0.39, 0.29) is 11.7 Å². The van der Waals surface area contributed by atoms with Crippen LogP contribution in [0.3, 0.4) is 0 Å². The second-order valence-corrected chi connectivity index (χ2v) is 11.8. The standard InChI is InChI=1S/C26H18ClFN4OS3/c1-3-31-20-12-15(27)4-10-22(20)35-25(31)23-24(33)32(18-8-5-16(28)6-9-18)26(36-23)30-17-7-11-21-19(13-17)29-14(2)34-21/h4-13H,3H2,1-2H3/b25-23-,30-26?. The number of carbonyl (C=O) groups excluding carboxylic acids is 1. The molecule has 0 radical (unpaired) electrons. The van der Waals surface area contributed by atoms with Crippen LogP contribution in [0.1, 0.15) is 11.9 Å². The number of amidine groups is 1. The molecule has 2 aliphatic rings. The van der Waals surface area contributed by atoms with Crippen molar-refractivity contribution in [2.24, 2.45) is 4.99 Å². The van der Waals surface area contributed by atoms with Gasteiger partial charge in [0.15, 0.2) is 5.17 Å². The molecule has 5 nitrogen and oxygen atoms in total. The lowest BCUT2D eigenvalue weighted by Crippen LogP contribution is -2.29. The average Bonchev–Trinajstić information content (AvgIpc) is 3.51. The Morgan fingerprint density at radius 1 is 1.06 bits per heavy atom. The van der Waals surface area contributed by atoms with Gasteiger partial charge in [-0.1, -0.05) is 23.4 Å². The smallest absolute Gasteiger partial charge is 0.274 e. The first-order valence-corrected chi connectivity index (χ1v) is 14.0. The fraction of sp³-hybridized carbons (Fsp3) is 0.115. The first kappa shape index (κ1) is 23.5. The number of fused-ring (bicyclic) bond motifs is 2. The van der Waals surface area contributed by atoms with Crippen LogP contribution < -0.4 is 9.80 Å². The van der Waals surface area contributed by atoms with E-state index in [2.05, 4.69) is 9.88 Å². The van der Waals surface area contributed by atoms with E-state index in [1.54, 1.807) is 40.1 Å². The number of aromatic nitrogens is 1. The summed E-state index contributed by atoms with van der Waals surface area (Å²) in [6.07, 6.45) is 0. The van der Waals surface area contributed by atoms with Crippen molar-refractivity contribution in [2.45, 2.75) is 18.7 Å². The zero-order chi connectivity index (χ0) is 25.0. The number of hydrogen-bond donors (Lipinski definition) is 0. The number of thiazole rings is 1. The SMILES string of the molecule is CCN1/C(=C2/SC(=Nc3ccc4sc(C)nc4c3)N(c3ccc(F)cc3)C2=O)Sc2ccc(Cl)cc21. The van der Waals surface area contributed by atoms with Crippen LogP contribution in [0.4, 0.5) is 21.5 Å². The van der Waals surface area contributed by atoms with E-state index in [1.165, 1.54) is 23.9 Å². The highest BCUT2D eigenvalue weighted by atomic mass is 35.5. The van der Waals surface area contributed by atoms with Crippen molar-refractivity contribution in [1.82, 2.24) is 4.98 Å². The number of rotatable bonds is 3. The predicted molar refractivity (Wildman–Crippen MR) is 150 cm³/mol. The van der Waals surface area contributed by atoms with Gasteiger partial charge in [-0.15, -0.1) is 11.3 Å². The first-order chi connectivity index (χ1) is 17.4. The maximum Gasteiger partial charge on any atom is 0.274 e. The van der Waals surface area contributed by atoms with Gasteiger partial charge in [0, 0.05) is 16.5 Å². The number of aliphatic imine (C=N–C) groups is 1. The van der Waals surface area contributed by atoms with Crippen LogP contribution in [-0.2, 0) is 4.79 Å². The number of benzene rings is 3. The zero-order valence-corrected chi connectivity index (χ0v) is 22.4. The Bertz CT molecular complexity index is 1600. The molecule has 3 aromatic carbocycles. The lowest BCUT2D eigenvalue weighted by molar-refractivity contribution is -0.113. The lowest BCUT2D eigenvalue weighted by Gasteiger charge is -2.19. The highest BCUT2D eigenvalue weighted by Crippen LogP contribution is 2.51. The van der Waals surface area contributed by atoms with Gasteiger partial charge in [0.2, 0.25) is 0 Å². The van der Waals surface area contributed by atoms with E-state index in [1.807, 2.05) is 50.2 Å². The molecule has 0 bridgehead atoms. The van der Waals surface area contributed by atoms with E-state index in [4.69, 9.17) is 16.6 Å². The summed E-state index contributed by atoms with van der Waals surface area (Å²) in [7, 11) is 0. The van der Waals surface area contributed by atoms with Gasteiger partial charge < -0.3 is 4.90 Å². The van der Waals surface area contributed by atoms with Gasteiger partial charge in [-0.3, -0.25) is 9.69 Å². The summed E-state index contributed by atoms with van der Waals surface area (Å²) in [5.74, 6) is -0.564. The lowest BCUT2D eigenvalue weighted by atomic mass is 10.2. The Balaban J connectivity index is 1.47. The Morgan fingerprint density at radius 2 is 1.86 bits per heavy atom. The van der Waals surface area contributed by atoms with Crippen LogP contribution in [0.5, 0.6) is 0 Å². The highest BCUT2D eigenvalue weighted by Gasteiger charge is 2.40. The summed E-state index contributed by atoms with van der Waals surface area (Å²) in [4.78, 5) is 28.6. The van der Waals surface area contributed by atoms with E-state index in [9.17, 15) is 9.18 Å². The summed E-state index contributed by atoms with van der Waals surface area (Å²) in [6.45, 7) is 4.69. The molecule has 1 fully saturated rings. The molecular weight excluding hydrogens is 535 g/mol. The molecular formula is C26H18ClFN4OS3. The summed E-state index contributed by atoms with van der Waals surface area (Å²) >= 11 is 10.8. The third-order valence-electron chi connectivity index (χ3n) is 5.74. The van der Waals surface area contributed by atoms with Crippen LogP contribution in [0.15, 0.2) is 80.5 Å². The van der Waals surface area contributed by atoms with Gasteiger partial charge >= 0.3 is 0 Å². The predicted octanol–water partition coefficient (Wildman–Crippen LogP) is 7.97. The maximum absolute atomic E-state index is 13.9. The van der Waals surface area contributed by atoms with Gasteiger partial charge in [-0.2, -0.15) is 0 Å². The number of thioether (sulfide) groups is 2. The van der Waals surface area contributed by atoms with E-state index in [0.29, 0.717) is 33.0 Å². The number of halogens is 2. The van der Waals surface area contributed by atoms with Crippen molar-refractivity contribution in [1.29, 1.82) is 0 Å². The molecule has 0 unspecified atom stereocenters. The van der Waals surface area contributed by atoms with Crippen LogP contribution >= 0.6 is 46.5 Å². The molecule has 4 aromatic rings.